The predicted octanol–water partition coefficient (Wildman–Crippen LogP) is 2.86. The van der Waals surface area contributed by atoms with Gasteiger partial charge >= 0.3 is 0 Å². The third-order valence-electron chi connectivity index (χ3n) is 1.83. The van der Waals surface area contributed by atoms with Crippen LogP contribution in [0, 0.1) is 6.92 Å². The van der Waals surface area contributed by atoms with E-state index in [2.05, 4.69) is 31.2 Å². The van der Waals surface area contributed by atoms with E-state index in [1.807, 2.05) is 6.92 Å². The molecule has 1 N–H and O–H groups in total. The summed E-state index contributed by atoms with van der Waals surface area (Å²) in [5.74, 6) is -0.183. The van der Waals surface area contributed by atoms with Gasteiger partial charge in [0.05, 0.1) is 0 Å². The summed E-state index contributed by atoms with van der Waals surface area (Å²) in [6.45, 7) is 1.94. The fourth-order valence-electron chi connectivity index (χ4n) is 1.13. The van der Waals surface area contributed by atoms with Gasteiger partial charge in [0, 0.05) is 22.8 Å². The minimum atomic E-state index is -0.183. The van der Waals surface area contributed by atoms with Gasteiger partial charge in [0.1, 0.15) is 4.60 Å². The quantitative estimate of drug-likeness (QED) is 0.867. The zero-order valence-electron chi connectivity index (χ0n) is 8.40. The van der Waals surface area contributed by atoms with E-state index in [1.165, 1.54) is 11.3 Å². The molecule has 0 aromatic carbocycles. The number of rotatable bonds is 2. The van der Waals surface area contributed by atoms with Crippen molar-refractivity contribution < 1.29 is 4.79 Å². The molecule has 16 heavy (non-hydrogen) atoms. The Hall–Kier alpha value is -1.27. The minimum Gasteiger partial charge on any atom is -0.298 e. The predicted molar refractivity (Wildman–Crippen MR) is 66.7 cm³/mol. The minimum absolute atomic E-state index is 0.183. The molecule has 2 rings (SSSR count). The van der Waals surface area contributed by atoms with E-state index in [1.54, 1.807) is 24.5 Å². The Morgan fingerprint density at radius 2 is 2.31 bits per heavy atom. The SMILES string of the molecule is Cc1cnc(NC(=O)c2ccnc(Br)c2)s1. The van der Waals surface area contributed by atoms with Crippen LogP contribution in [0.1, 0.15) is 15.2 Å². The average Bonchev–Trinajstić information content (AvgIpc) is 2.64. The maximum absolute atomic E-state index is 11.8. The van der Waals surface area contributed by atoms with Crippen LogP contribution in [0.3, 0.4) is 0 Å². The Labute approximate surface area is 105 Å². The van der Waals surface area contributed by atoms with Crippen molar-refractivity contribution in [2.75, 3.05) is 5.32 Å². The molecule has 0 aliphatic rings. The van der Waals surface area contributed by atoms with Crippen molar-refractivity contribution in [3.05, 3.63) is 39.6 Å². The van der Waals surface area contributed by atoms with Gasteiger partial charge < -0.3 is 0 Å². The Kier molecular flexibility index (Phi) is 3.31. The molecule has 0 aliphatic heterocycles. The highest BCUT2D eigenvalue weighted by molar-refractivity contribution is 9.10. The first-order valence-electron chi connectivity index (χ1n) is 4.50. The Morgan fingerprint density at radius 3 is 2.94 bits per heavy atom. The fraction of sp³-hybridized carbons (Fsp3) is 0.100. The number of pyridine rings is 1. The molecule has 2 aromatic heterocycles. The van der Waals surface area contributed by atoms with E-state index < -0.39 is 0 Å². The Morgan fingerprint density at radius 1 is 1.50 bits per heavy atom. The summed E-state index contributed by atoms with van der Waals surface area (Å²) in [5.41, 5.74) is 0.551. The molecule has 0 saturated carbocycles. The van der Waals surface area contributed by atoms with E-state index in [0.717, 1.165) is 4.88 Å². The number of carbonyl (C=O) groups excluding carboxylic acids is 1. The molecular formula is C10H8BrN3OS. The number of aromatic nitrogens is 2. The average molecular weight is 298 g/mol. The molecule has 1 amide bonds. The van der Waals surface area contributed by atoms with E-state index >= 15 is 0 Å². The van der Waals surface area contributed by atoms with Crippen molar-refractivity contribution in [1.29, 1.82) is 0 Å². The highest BCUT2D eigenvalue weighted by Crippen LogP contribution is 2.17. The second-order valence-corrected chi connectivity index (χ2v) is 5.14. The second-order valence-electron chi connectivity index (χ2n) is 3.10. The van der Waals surface area contributed by atoms with Crippen molar-refractivity contribution in [2.45, 2.75) is 6.92 Å². The molecule has 0 bridgehead atoms. The first-order valence-corrected chi connectivity index (χ1v) is 6.11. The molecule has 0 spiro atoms. The number of aryl methyl sites for hydroxylation is 1. The van der Waals surface area contributed by atoms with Gasteiger partial charge in [-0.2, -0.15) is 0 Å². The van der Waals surface area contributed by atoms with Crippen LogP contribution >= 0.6 is 27.3 Å². The van der Waals surface area contributed by atoms with Crippen molar-refractivity contribution in [3.8, 4) is 0 Å². The summed E-state index contributed by atoms with van der Waals surface area (Å²) in [4.78, 5) is 20.9. The number of amides is 1. The van der Waals surface area contributed by atoms with Crippen LogP contribution in [0.15, 0.2) is 29.1 Å². The number of carbonyl (C=O) groups is 1. The second kappa shape index (κ2) is 4.71. The van der Waals surface area contributed by atoms with Crippen LogP contribution in [0.5, 0.6) is 0 Å². The van der Waals surface area contributed by atoms with E-state index in [0.29, 0.717) is 15.3 Å². The molecule has 6 heteroatoms. The lowest BCUT2D eigenvalue weighted by molar-refractivity contribution is 0.102. The van der Waals surface area contributed by atoms with Gasteiger partial charge in [-0.1, -0.05) is 0 Å². The largest absolute Gasteiger partial charge is 0.298 e. The molecule has 2 heterocycles. The summed E-state index contributed by atoms with van der Waals surface area (Å²) in [7, 11) is 0. The summed E-state index contributed by atoms with van der Waals surface area (Å²) in [6.07, 6.45) is 3.30. The van der Waals surface area contributed by atoms with E-state index in [9.17, 15) is 4.79 Å². The molecule has 0 saturated heterocycles. The number of hydrogen-bond acceptors (Lipinski definition) is 4. The van der Waals surface area contributed by atoms with Gasteiger partial charge in [-0.05, 0) is 35.0 Å². The summed E-state index contributed by atoms with van der Waals surface area (Å²) < 4.78 is 0.635. The van der Waals surface area contributed by atoms with E-state index in [4.69, 9.17) is 0 Å². The molecule has 4 nitrogen and oxygen atoms in total. The van der Waals surface area contributed by atoms with Crippen LogP contribution in [0.25, 0.3) is 0 Å². The zero-order chi connectivity index (χ0) is 11.5. The van der Waals surface area contributed by atoms with Gasteiger partial charge in [-0.25, -0.2) is 9.97 Å². The van der Waals surface area contributed by atoms with Crippen LogP contribution in [-0.2, 0) is 0 Å². The normalized spacial score (nSPS) is 10.1. The monoisotopic (exact) mass is 297 g/mol. The van der Waals surface area contributed by atoms with Crippen molar-refractivity contribution in [3.63, 3.8) is 0 Å². The summed E-state index contributed by atoms with van der Waals surface area (Å²) in [5, 5.41) is 3.33. The molecular weight excluding hydrogens is 290 g/mol. The number of nitrogens with zero attached hydrogens (tertiary/aromatic N) is 2. The van der Waals surface area contributed by atoms with Gasteiger partial charge in [0.15, 0.2) is 5.13 Å². The number of halogens is 1. The third kappa shape index (κ3) is 2.65. The van der Waals surface area contributed by atoms with Crippen molar-refractivity contribution in [2.24, 2.45) is 0 Å². The Bertz CT molecular complexity index is 526. The van der Waals surface area contributed by atoms with Gasteiger partial charge in [0.25, 0.3) is 5.91 Å². The highest BCUT2D eigenvalue weighted by Gasteiger charge is 2.08. The molecule has 82 valence electrons. The highest BCUT2D eigenvalue weighted by atomic mass is 79.9. The Balaban J connectivity index is 2.14. The number of nitrogens with one attached hydrogen (secondary N) is 1. The molecule has 0 aliphatic carbocycles. The smallest absolute Gasteiger partial charge is 0.257 e. The molecule has 2 aromatic rings. The summed E-state index contributed by atoms with van der Waals surface area (Å²) in [6, 6.07) is 3.32. The zero-order valence-corrected chi connectivity index (χ0v) is 10.8. The fourth-order valence-corrected chi connectivity index (χ4v) is 2.15. The van der Waals surface area contributed by atoms with Crippen molar-refractivity contribution in [1.82, 2.24) is 9.97 Å². The standard InChI is InChI=1S/C10H8BrN3OS/c1-6-5-13-10(16-6)14-9(15)7-2-3-12-8(11)4-7/h2-5H,1H3,(H,13,14,15). The first-order chi connectivity index (χ1) is 7.65. The molecule has 0 unspecified atom stereocenters. The van der Waals surface area contributed by atoms with Gasteiger partial charge in [-0.3, -0.25) is 10.1 Å². The van der Waals surface area contributed by atoms with Crippen molar-refractivity contribution >= 4 is 38.3 Å². The van der Waals surface area contributed by atoms with Crippen LogP contribution < -0.4 is 5.32 Å². The first kappa shape index (κ1) is 11.2. The topological polar surface area (TPSA) is 54.9 Å². The summed E-state index contributed by atoms with van der Waals surface area (Å²) >= 11 is 4.66. The molecule has 0 atom stereocenters. The lowest BCUT2D eigenvalue weighted by Gasteiger charge is -2.01. The third-order valence-corrected chi connectivity index (χ3v) is 3.09. The lowest BCUT2D eigenvalue weighted by Crippen LogP contribution is -2.11. The number of hydrogen-bond donors (Lipinski definition) is 1. The maximum Gasteiger partial charge on any atom is 0.257 e. The lowest BCUT2D eigenvalue weighted by atomic mass is 10.2. The molecule has 0 radical (unpaired) electrons. The number of anilines is 1. The number of thiazole rings is 1. The van der Waals surface area contributed by atoms with Gasteiger partial charge in [-0.15, -0.1) is 11.3 Å². The molecule has 0 fully saturated rings. The van der Waals surface area contributed by atoms with Crippen LogP contribution in [0.2, 0.25) is 0 Å². The van der Waals surface area contributed by atoms with Crippen LogP contribution in [-0.4, -0.2) is 15.9 Å². The van der Waals surface area contributed by atoms with Gasteiger partial charge in [0.2, 0.25) is 0 Å². The maximum atomic E-state index is 11.8. The van der Waals surface area contributed by atoms with Crippen LogP contribution in [0.4, 0.5) is 5.13 Å². The van der Waals surface area contributed by atoms with E-state index in [-0.39, 0.29) is 5.91 Å².